The number of furan rings is 1. The van der Waals surface area contributed by atoms with Crippen molar-refractivity contribution in [1.29, 1.82) is 0 Å². The van der Waals surface area contributed by atoms with Gasteiger partial charge in [0.2, 0.25) is 0 Å². The molecule has 0 bridgehead atoms. The molecular weight excluding hydrogens is 457 g/mol. The molecule has 0 aliphatic carbocycles. The Labute approximate surface area is 204 Å². The van der Waals surface area contributed by atoms with E-state index in [2.05, 4.69) is 6.92 Å². The van der Waals surface area contributed by atoms with Gasteiger partial charge in [-0.3, -0.25) is 4.79 Å². The molecule has 7 heteroatoms. The molecule has 2 atom stereocenters. The Balaban J connectivity index is 1.76. The van der Waals surface area contributed by atoms with Crippen LogP contribution in [0.2, 0.25) is 0 Å². The van der Waals surface area contributed by atoms with Crippen LogP contribution in [-0.2, 0) is 16.0 Å². The van der Waals surface area contributed by atoms with Crippen LogP contribution in [0.15, 0.2) is 52.9 Å². The predicted octanol–water partition coefficient (Wildman–Crippen LogP) is 7.84. The van der Waals surface area contributed by atoms with Crippen LogP contribution in [0.3, 0.4) is 0 Å². The molecule has 3 rings (SSSR count). The Kier molecular flexibility index (Phi) is 8.18. The van der Waals surface area contributed by atoms with E-state index in [1.807, 2.05) is 50.2 Å². The smallest absolute Gasteiger partial charge is 0.389 e. The molecular formula is C28H33F3O4. The lowest BCUT2D eigenvalue weighted by atomic mass is 9.88. The monoisotopic (exact) mass is 490 g/mol. The third-order valence-electron chi connectivity index (χ3n) is 6.30. The first-order valence-electron chi connectivity index (χ1n) is 11.9. The van der Waals surface area contributed by atoms with Gasteiger partial charge in [0.15, 0.2) is 0 Å². The topological polar surface area (TPSA) is 48.7 Å². The SMILES string of the molecule is CCc1ccccc1-c1cc2ccc(OCC(C)(COC(=O)C(C)C(C)C)CC(F)(F)F)cc2o1. The Bertz CT molecular complexity index is 1150. The maximum Gasteiger partial charge on any atom is 0.389 e. The van der Waals surface area contributed by atoms with Gasteiger partial charge in [-0.15, -0.1) is 0 Å². The third kappa shape index (κ3) is 7.03. The number of carbonyl (C=O) groups excluding carboxylic acids is 1. The summed E-state index contributed by atoms with van der Waals surface area (Å²) in [5, 5.41) is 0.868. The van der Waals surface area contributed by atoms with Gasteiger partial charge in [0, 0.05) is 22.4 Å². The van der Waals surface area contributed by atoms with Gasteiger partial charge in [0.25, 0.3) is 0 Å². The van der Waals surface area contributed by atoms with E-state index in [1.165, 1.54) is 6.92 Å². The number of rotatable bonds is 10. The highest BCUT2D eigenvalue weighted by molar-refractivity contribution is 5.84. The summed E-state index contributed by atoms with van der Waals surface area (Å²) in [4.78, 5) is 12.2. The van der Waals surface area contributed by atoms with E-state index in [4.69, 9.17) is 13.9 Å². The van der Waals surface area contributed by atoms with Gasteiger partial charge in [0.05, 0.1) is 18.9 Å². The van der Waals surface area contributed by atoms with Crippen molar-refractivity contribution in [2.45, 2.75) is 53.6 Å². The Morgan fingerprint density at radius 3 is 2.40 bits per heavy atom. The highest BCUT2D eigenvalue weighted by atomic mass is 19.4. The van der Waals surface area contributed by atoms with Crippen molar-refractivity contribution in [1.82, 2.24) is 0 Å². The van der Waals surface area contributed by atoms with Crippen LogP contribution in [0.1, 0.15) is 46.6 Å². The second-order valence-corrected chi connectivity index (χ2v) is 9.85. The quantitative estimate of drug-likeness (QED) is 0.272. The van der Waals surface area contributed by atoms with Crippen LogP contribution >= 0.6 is 0 Å². The number of ether oxygens (including phenoxy) is 2. The molecule has 190 valence electrons. The number of esters is 1. The van der Waals surface area contributed by atoms with Gasteiger partial charge < -0.3 is 13.9 Å². The van der Waals surface area contributed by atoms with Crippen LogP contribution in [0, 0.1) is 17.3 Å². The van der Waals surface area contributed by atoms with Gasteiger partial charge >= 0.3 is 12.1 Å². The molecule has 0 fully saturated rings. The molecule has 1 heterocycles. The minimum absolute atomic E-state index is 0.0295. The first-order valence-corrected chi connectivity index (χ1v) is 11.9. The highest BCUT2D eigenvalue weighted by Crippen LogP contribution is 2.36. The summed E-state index contributed by atoms with van der Waals surface area (Å²) in [5.41, 5.74) is 1.31. The lowest BCUT2D eigenvalue weighted by molar-refractivity contribution is -0.176. The van der Waals surface area contributed by atoms with Gasteiger partial charge in [-0.05, 0) is 36.1 Å². The first kappa shape index (κ1) is 26.6. The zero-order valence-electron chi connectivity index (χ0n) is 20.9. The van der Waals surface area contributed by atoms with Crippen LogP contribution in [0.25, 0.3) is 22.3 Å². The second kappa shape index (κ2) is 10.8. The Hall–Kier alpha value is -2.96. The molecule has 1 aromatic heterocycles. The van der Waals surface area contributed by atoms with Crippen LogP contribution in [-0.4, -0.2) is 25.4 Å². The average Bonchev–Trinajstić information content (AvgIpc) is 3.23. The summed E-state index contributed by atoms with van der Waals surface area (Å²) >= 11 is 0. The molecule has 0 saturated carbocycles. The van der Waals surface area contributed by atoms with E-state index in [1.54, 1.807) is 19.1 Å². The maximum absolute atomic E-state index is 13.3. The van der Waals surface area contributed by atoms with E-state index >= 15 is 0 Å². The Morgan fingerprint density at radius 1 is 1.03 bits per heavy atom. The number of aryl methyl sites for hydroxylation is 1. The predicted molar refractivity (Wildman–Crippen MR) is 130 cm³/mol. The summed E-state index contributed by atoms with van der Waals surface area (Å²) in [6.07, 6.45) is -4.70. The standard InChI is InChI=1S/C28H33F3O4/c1-6-20-9-7-8-10-23(20)25-13-21-11-12-22(14-24(21)35-25)33-16-27(5,15-28(29,30)31)17-34-26(32)19(4)18(2)3/h7-14,18-19H,6,15-17H2,1-5H3. The molecule has 0 N–H and O–H groups in total. The third-order valence-corrected chi connectivity index (χ3v) is 6.30. The zero-order chi connectivity index (χ0) is 25.8. The first-order chi connectivity index (χ1) is 16.4. The van der Waals surface area contributed by atoms with Gasteiger partial charge in [-0.2, -0.15) is 13.2 Å². The summed E-state index contributed by atoms with van der Waals surface area (Å²) in [5.74, 6) is 0.228. The number of carbonyl (C=O) groups is 1. The molecule has 0 saturated heterocycles. The summed E-state index contributed by atoms with van der Waals surface area (Å²) < 4.78 is 57.0. The molecule has 35 heavy (non-hydrogen) atoms. The highest BCUT2D eigenvalue weighted by Gasteiger charge is 2.41. The van der Waals surface area contributed by atoms with Crippen molar-refractivity contribution >= 4 is 16.9 Å². The van der Waals surface area contributed by atoms with Crippen molar-refractivity contribution in [3.8, 4) is 17.1 Å². The lowest BCUT2D eigenvalue weighted by Gasteiger charge is -2.30. The normalized spacial score (nSPS) is 14.7. The molecule has 0 aliphatic heterocycles. The van der Waals surface area contributed by atoms with Crippen molar-refractivity contribution in [3.05, 3.63) is 54.1 Å². The Morgan fingerprint density at radius 2 is 1.74 bits per heavy atom. The molecule has 4 nitrogen and oxygen atoms in total. The molecule has 0 amide bonds. The maximum atomic E-state index is 13.3. The molecule has 0 radical (unpaired) electrons. The fourth-order valence-electron chi connectivity index (χ4n) is 3.84. The van der Waals surface area contributed by atoms with E-state index in [0.717, 1.165) is 28.7 Å². The molecule has 0 spiro atoms. The van der Waals surface area contributed by atoms with Crippen molar-refractivity contribution in [2.24, 2.45) is 17.3 Å². The average molecular weight is 491 g/mol. The number of hydrogen-bond acceptors (Lipinski definition) is 4. The van der Waals surface area contributed by atoms with E-state index < -0.39 is 29.9 Å². The zero-order valence-corrected chi connectivity index (χ0v) is 20.9. The van der Waals surface area contributed by atoms with Crippen molar-refractivity contribution in [2.75, 3.05) is 13.2 Å². The molecule has 0 aliphatic rings. The van der Waals surface area contributed by atoms with Crippen molar-refractivity contribution < 1.29 is 31.9 Å². The number of halogens is 3. The van der Waals surface area contributed by atoms with Gasteiger partial charge in [0.1, 0.15) is 23.7 Å². The minimum Gasteiger partial charge on any atom is -0.493 e. The van der Waals surface area contributed by atoms with Crippen LogP contribution in [0.5, 0.6) is 5.75 Å². The van der Waals surface area contributed by atoms with E-state index in [0.29, 0.717) is 11.3 Å². The molecule has 2 unspecified atom stereocenters. The molecule has 2 aromatic carbocycles. The number of fused-ring (bicyclic) bond motifs is 1. The summed E-state index contributed by atoms with van der Waals surface area (Å²) in [6, 6.07) is 15.1. The van der Waals surface area contributed by atoms with Crippen LogP contribution < -0.4 is 4.74 Å². The fourth-order valence-corrected chi connectivity index (χ4v) is 3.84. The summed E-state index contributed by atoms with van der Waals surface area (Å²) in [7, 11) is 0. The van der Waals surface area contributed by atoms with Crippen molar-refractivity contribution in [3.63, 3.8) is 0 Å². The van der Waals surface area contributed by atoms with Gasteiger partial charge in [-0.1, -0.05) is 58.9 Å². The minimum atomic E-state index is -4.43. The van der Waals surface area contributed by atoms with E-state index in [9.17, 15) is 18.0 Å². The number of hydrogen-bond donors (Lipinski definition) is 0. The second-order valence-electron chi connectivity index (χ2n) is 9.85. The number of benzene rings is 2. The molecule has 3 aromatic rings. The largest absolute Gasteiger partial charge is 0.493 e. The number of alkyl halides is 3. The van der Waals surface area contributed by atoms with E-state index in [-0.39, 0.29) is 19.1 Å². The van der Waals surface area contributed by atoms with Gasteiger partial charge in [-0.25, -0.2) is 0 Å². The fraction of sp³-hybridized carbons (Fsp3) is 0.464. The van der Waals surface area contributed by atoms with Crippen LogP contribution in [0.4, 0.5) is 13.2 Å². The lowest BCUT2D eigenvalue weighted by Crippen LogP contribution is -2.37. The summed E-state index contributed by atoms with van der Waals surface area (Å²) in [6.45, 7) is 8.26.